The third-order valence-corrected chi connectivity index (χ3v) is 4.85. The molecule has 0 spiro atoms. The van der Waals surface area contributed by atoms with Gasteiger partial charge < -0.3 is 14.5 Å². The molecule has 0 radical (unpaired) electrons. The van der Waals surface area contributed by atoms with Crippen molar-refractivity contribution in [3.8, 4) is 0 Å². The number of carbonyl (C=O) groups excluding carboxylic acids is 2. The molecular formula is C18H24N2O3. The van der Waals surface area contributed by atoms with E-state index in [1.807, 2.05) is 40.1 Å². The van der Waals surface area contributed by atoms with Gasteiger partial charge in [0.1, 0.15) is 0 Å². The van der Waals surface area contributed by atoms with E-state index in [1.165, 1.54) is 0 Å². The van der Waals surface area contributed by atoms with Gasteiger partial charge in [0.2, 0.25) is 11.8 Å². The minimum absolute atomic E-state index is 0.0498. The Morgan fingerprint density at radius 1 is 1.09 bits per heavy atom. The Bertz CT molecular complexity index is 555. The second-order valence-electron chi connectivity index (χ2n) is 6.31. The predicted octanol–water partition coefficient (Wildman–Crippen LogP) is 1.84. The van der Waals surface area contributed by atoms with Gasteiger partial charge >= 0.3 is 0 Å². The summed E-state index contributed by atoms with van der Waals surface area (Å²) >= 11 is 0. The Balaban J connectivity index is 1.75. The molecule has 0 aromatic heterocycles. The lowest BCUT2D eigenvalue weighted by atomic mass is 9.96. The number of benzene rings is 1. The zero-order valence-electron chi connectivity index (χ0n) is 13.6. The van der Waals surface area contributed by atoms with Gasteiger partial charge in [0.05, 0.1) is 6.04 Å². The van der Waals surface area contributed by atoms with E-state index in [-0.39, 0.29) is 23.8 Å². The maximum absolute atomic E-state index is 12.8. The van der Waals surface area contributed by atoms with Crippen molar-refractivity contribution < 1.29 is 14.3 Å². The molecule has 2 heterocycles. The fraction of sp³-hybridized carbons (Fsp3) is 0.556. The van der Waals surface area contributed by atoms with Crippen molar-refractivity contribution in [1.82, 2.24) is 9.80 Å². The Kier molecular flexibility index (Phi) is 4.96. The Labute approximate surface area is 137 Å². The van der Waals surface area contributed by atoms with Crippen LogP contribution in [0.4, 0.5) is 0 Å². The molecule has 5 nitrogen and oxygen atoms in total. The average Bonchev–Trinajstić information content (AvgIpc) is 2.62. The smallest absolute Gasteiger partial charge is 0.226 e. The van der Waals surface area contributed by atoms with Crippen molar-refractivity contribution in [2.24, 2.45) is 5.92 Å². The van der Waals surface area contributed by atoms with E-state index < -0.39 is 0 Å². The van der Waals surface area contributed by atoms with Crippen molar-refractivity contribution in [3.05, 3.63) is 35.9 Å². The van der Waals surface area contributed by atoms with Gasteiger partial charge in [-0.15, -0.1) is 0 Å². The number of nitrogens with zero attached hydrogens (tertiary/aromatic N) is 2. The second kappa shape index (κ2) is 7.13. The summed E-state index contributed by atoms with van der Waals surface area (Å²) in [5, 5.41) is 0. The molecule has 23 heavy (non-hydrogen) atoms. The SMILES string of the molecule is CC(=O)N1CCN(C(=O)C2CCOCC2)CC1c1ccccc1. The van der Waals surface area contributed by atoms with Crippen LogP contribution in [-0.4, -0.2) is 54.5 Å². The quantitative estimate of drug-likeness (QED) is 0.836. The summed E-state index contributed by atoms with van der Waals surface area (Å²) < 4.78 is 5.35. The summed E-state index contributed by atoms with van der Waals surface area (Å²) in [7, 11) is 0. The number of carbonyl (C=O) groups is 2. The fourth-order valence-corrected chi connectivity index (χ4v) is 3.52. The molecule has 0 saturated carbocycles. The van der Waals surface area contributed by atoms with Gasteiger partial charge in [-0.05, 0) is 18.4 Å². The molecule has 2 aliphatic rings. The minimum Gasteiger partial charge on any atom is -0.381 e. The topological polar surface area (TPSA) is 49.9 Å². The highest BCUT2D eigenvalue weighted by molar-refractivity contribution is 5.80. The molecule has 5 heteroatoms. The van der Waals surface area contributed by atoms with Gasteiger partial charge in [0, 0.05) is 45.7 Å². The lowest BCUT2D eigenvalue weighted by Gasteiger charge is -2.42. The summed E-state index contributed by atoms with van der Waals surface area (Å²) in [5.41, 5.74) is 1.09. The van der Waals surface area contributed by atoms with E-state index in [2.05, 4.69) is 0 Å². The van der Waals surface area contributed by atoms with Crippen LogP contribution in [0, 0.1) is 5.92 Å². The van der Waals surface area contributed by atoms with Crippen LogP contribution < -0.4 is 0 Å². The van der Waals surface area contributed by atoms with E-state index in [0.29, 0.717) is 32.8 Å². The monoisotopic (exact) mass is 316 g/mol. The Morgan fingerprint density at radius 3 is 2.43 bits per heavy atom. The van der Waals surface area contributed by atoms with Crippen molar-refractivity contribution in [3.63, 3.8) is 0 Å². The van der Waals surface area contributed by atoms with Crippen LogP contribution in [-0.2, 0) is 14.3 Å². The molecule has 2 aliphatic heterocycles. The molecule has 0 aliphatic carbocycles. The van der Waals surface area contributed by atoms with Gasteiger partial charge in [0.15, 0.2) is 0 Å². The Hall–Kier alpha value is -1.88. The third-order valence-electron chi connectivity index (χ3n) is 4.85. The molecule has 2 fully saturated rings. The second-order valence-corrected chi connectivity index (χ2v) is 6.31. The molecule has 0 N–H and O–H groups in total. The fourth-order valence-electron chi connectivity index (χ4n) is 3.52. The first-order chi connectivity index (χ1) is 11.2. The van der Waals surface area contributed by atoms with Crippen molar-refractivity contribution in [2.75, 3.05) is 32.8 Å². The molecule has 2 amide bonds. The summed E-state index contributed by atoms with van der Waals surface area (Å²) in [6.07, 6.45) is 1.61. The van der Waals surface area contributed by atoms with Gasteiger partial charge in [-0.2, -0.15) is 0 Å². The van der Waals surface area contributed by atoms with E-state index in [4.69, 9.17) is 4.74 Å². The maximum Gasteiger partial charge on any atom is 0.226 e. The molecular weight excluding hydrogens is 292 g/mol. The standard InChI is InChI=1S/C18H24N2O3/c1-14(21)20-10-9-19(18(22)16-7-11-23-12-8-16)13-17(20)15-5-3-2-4-6-15/h2-6,16-17H,7-13H2,1H3. The predicted molar refractivity (Wildman–Crippen MR) is 86.7 cm³/mol. The van der Waals surface area contributed by atoms with Crippen LogP contribution >= 0.6 is 0 Å². The van der Waals surface area contributed by atoms with Crippen molar-refractivity contribution in [1.29, 1.82) is 0 Å². The zero-order valence-corrected chi connectivity index (χ0v) is 13.6. The van der Waals surface area contributed by atoms with Crippen LogP contribution in [0.3, 0.4) is 0 Å². The zero-order chi connectivity index (χ0) is 16.2. The third kappa shape index (κ3) is 3.55. The molecule has 2 saturated heterocycles. The summed E-state index contributed by atoms with van der Waals surface area (Å²) in [4.78, 5) is 28.6. The van der Waals surface area contributed by atoms with Gasteiger partial charge in [0.25, 0.3) is 0 Å². The first-order valence-electron chi connectivity index (χ1n) is 8.35. The summed E-state index contributed by atoms with van der Waals surface area (Å²) in [6.45, 7) is 4.76. The number of ether oxygens (including phenoxy) is 1. The normalized spacial score (nSPS) is 22.9. The van der Waals surface area contributed by atoms with Crippen molar-refractivity contribution in [2.45, 2.75) is 25.8 Å². The average molecular weight is 316 g/mol. The Morgan fingerprint density at radius 2 is 1.78 bits per heavy atom. The number of hydrogen-bond donors (Lipinski definition) is 0. The lowest BCUT2D eigenvalue weighted by Crippen LogP contribution is -2.53. The summed E-state index contributed by atoms with van der Waals surface area (Å²) in [5.74, 6) is 0.360. The molecule has 1 unspecified atom stereocenters. The molecule has 1 atom stereocenters. The summed E-state index contributed by atoms with van der Waals surface area (Å²) in [6, 6.07) is 9.94. The van der Waals surface area contributed by atoms with Gasteiger partial charge in [-0.25, -0.2) is 0 Å². The molecule has 124 valence electrons. The van der Waals surface area contributed by atoms with E-state index in [0.717, 1.165) is 18.4 Å². The van der Waals surface area contributed by atoms with Gasteiger partial charge in [-0.3, -0.25) is 9.59 Å². The van der Waals surface area contributed by atoms with Crippen LogP contribution in [0.1, 0.15) is 31.4 Å². The minimum atomic E-state index is -0.0498. The van der Waals surface area contributed by atoms with Crippen LogP contribution in [0.25, 0.3) is 0 Å². The lowest BCUT2D eigenvalue weighted by molar-refractivity contribution is -0.146. The highest BCUT2D eigenvalue weighted by atomic mass is 16.5. The molecule has 3 rings (SSSR count). The first kappa shape index (κ1) is 16.0. The van der Waals surface area contributed by atoms with E-state index >= 15 is 0 Å². The van der Waals surface area contributed by atoms with Gasteiger partial charge in [-0.1, -0.05) is 30.3 Å². The highest BCUT2D eigenvalue weighted by Crippen LogP contribution is 2.27. The number of amides is 2. The largest absolute Gasteiger partial charge is 0.381 e. The van der Waals surface area contributed by atoms with E-state index in [9.17, 15) is 9.59 Å². The molecule has 1 aromatic carbocycles. The number of rotatable bonds is 2. The molecule has 0 bridgehead atoms. The van der Waals surface area contributed by atoms with E-state index in [1.54, 1.807) is 6.92 Å². The van der Waals surface area contributed by atoms with Crippen LogP contribution in [0.5, 0.6) is 0 Å². The maximum atomic E-state index is 12.8. The number of hydrogen-bond acceptors (Lipinski definition) is 3. The van der Waals surface area contributed by atoms with Crippen LogP contribution in [0.2, 0.25) is 0 Å². The number of piperazine rings is 1. The van der Waals surface area contributed by atoms with Crippen LogP contribution in [0.15, 0.2) is 30.3 Å². The molecule has 1 aromatic rings. The first-order valence-corrected chi connectivity index (χ1v) is 8.35. The highest BCUT2D eigenvalue weighted by Gasteiger charge is 2.34. The van der Waals surface area contributed by atoms with Crippen molar-refractivity contribution >= 4 is 11.8 Å².